The van der Waals surface area contributed by atoms with Crippen molar-refractivity contribution in [3.63, 3.8) is 0 Å². The maximum Gasteiger partial charge on any atom is 0.336 e. The van der Waals surface area contributed by atoms with Gasteiger partial charge in [0.25, 0.3) is 5.91 Å². The summed E-state index contributed by atoms with van der Waals surface area (Å²) in [6.07, 6.45) is 3.23. The third kappa shape index (κ3) is 3.41. The quantitative estimate of drug-likeness (QED) is 0.651. The molecule has 3 aromatic rings. The van der Waals surface area contributed by atoms with Crippen molar-refractivity contribution < 1.29 is 23.9 Å². The number of anilines is 1. The lowest BCUT2D eigenvalue weighted by atomic mass is 9.80. The van der Waals surface area contributed by atoms with Crippen molar-refractivity contribution in [2.75, 3.05) is 19.4 Å². The minimum Gasteiger partial charge on any atom is -0.478 e. The van der Waals surface area contributed by atoms with Crippen molar-refractivity contribution in [1.29, 1.82) is 0 Å². The molecule has 0 fully saturated rings. The average Bonchev–Trinajstić information content (AvgIpc) is 3.18. The van der Waals surface area contributed by atoms with Crippen molar-refractivity contribution >= 4 is 23.3 Å². The molecule has 0 saturated carbocycles. The molecule has 1 amide bonds. The number of imidazole rings is 1. The van der Waals surface area contributed by atoms with Gasteiger partial charge in [0, 0.05) is 39.2 Å². The molecule has 1 aliphatic rings. The molecule has 1 aromatic heterocycles. The van der Waals surface area contributed by atoms with E-state index in [-0.39, 0.29) is 16.7 Å². The van der Waals surface area contributed by atoms with Gasteiger partial charge in [-0.3, -0.25) is 9.59 Å². The smallest absolute Gasteiger partial charge is 0.336 e. The maximum absolute atomic E-state index is 14.4. The molecule has 4 rings (SSSR count). The van der Waals surface area contributed by atoms with E-state index >= 15 is 0 Å². The number of hydrogen-bond donors (Lipinski definition) is 2. The number of Topliss-reactive ketones (excluding diaryl/α,β-unsaturated/α-hetero) is 1. The maximum atomic E-state index is 14.4. The summed E-state index contributed by atoms with van der Waals surface area (Å²) < 4.78 is 16.1. The van der Waals surface area contributed by atoms with Gasteiger partial charge in [0.2, 0.25) is 0 Å². The Labute approximate surface area is 183 Å². The molecule has 0 aliphatic carbocycles. The van der Waals surface area contributed by atoms with Crippen molar-refractivity contribution in [2.45, 2.75) is 12.0 Å². The van der Waals surface area contributed by atoms with Gasteiger partial charge >= 0.3 is 5.97 Å². The number of halogens is 1. The monoisotopic (exact) mass is 436 g/mol. The fourth-order valence-electron chi connectivity index (χ4n) is 4.03. The largest absolute Gasteiger partial charge is 0.478 e. The Morgan fingerprint density at radius 2 is 1.94 bits per heavy atom. The standard InChI is InChI=1S/C23H21FN4O4/c1-27(2)22(30)14-11-12(7-8-15(14)24)19-18(21-25-9-10-28(21)3)20(29)17-13(23(31)32)5-4-6-16(17)26-19/h4-11,18-19,26H,1-3H3,(H,31,32). The first-order valence-electron chi connectivity index (χ1n) is 9.86. The highest BCUT2D eigenvalue weighted by atomic mass is 19.1. The fourth-order valence-corrected chi connectivity index (χ4v) is 4.03. The molecule has 0 saturated heterocycles. The van der Waals surface area contributed by atoms with Crippen LogP contribution in [0.5, 0.6) is 0 Å². The number of aromatic carboxylic acids is 1. The summed E-state index contributed by atoms with van der Waals surface area (Å²) in [4.78, 5) is 43.5. The lowest BCUT2D eigenvalue weighted by Crippen LogP contribution is -2.35. The van der Waals surface area contributed by atoms with Crippen LogP contribution in [0.4, 0.5) is 10.1 Å². The van der Waals surface area contributed by atoms with E-state index in [4.69, 9.17) is 0 Å². The van der Waals surface area contributed by atoms with E-state index < -0.39 is 35.4 Å². The number of nitrogens with one attached hydrogen (secondary N) is 1. The zero-order valence-electron chi connectivity index (χ0n) is 17.7. The van der Waals surface area contributed by atoms with Crippen molar-refractivity contribution in [2.24, 2.45) is 7.05 Å². The van der Waals surface area contributed by atoms with E-state index in [1.54, 1.807) is 36.1 Å². The van der Waals surface area contributed by atoms with Gasteiger partial charge in [0.15, 0.2) is 5.78 Å². The number of ketones is 1. The lowest BCUT2D eigenvalue weighted by Gasteiger charge is -2.34. The van der Waals surface area contributed by atoms with E-state index in [9.17, 15) is 23.9 Å². The molecule has 0 bridgehead atoms. The minimum atomic E-state index is -1.21. The molecule has 32 heavy (non-hydrogen) atoms. The summed E-state index contributed by atoms with van der Waals surface area (Å²) in [6, 6.07) is 7.97. The molecule has 2 atom stereocenters. The first-order chi connectivity index (χ1) is 15.2. The van der Waals surface area contributed by atoms with Gasteiger partial charge in [-0.2, -0.15) is 0 Å². The lowest BCUT2D eigenvalue weighted by molar-refractivity contribution is 0.0690. The Hall–Kier alpha value is -4.01. The van der Waals surface area contributed by atoms with Gasteiger partial charge < -0.3 is 19.9 Å². The number of carbonyl (C=O) groups excluding carboxylic acids is 2. The van der Waals surface area contributed by atoms with Gasteiger partial charge in [-0.25, -0.2) is 14.2 Å². The topological polar surface area (TPSA) is 105 Å². The van der Waals surface area contributed by atoms with E-state index in [0.29, 0.717) is 17.1 Å². The number of hydrogen-bond acceptors (Lipinski definition) is 5. The van der Waals surface area contributed by atoms with Crippen LogP contribution in [-0.2, 0) is 7.05 Å². The Balaban J connectivity index is 1.91. The predicted molar refractivity (Wildman–Crippen MR) is 114 cm³/mol. The molecule has 1 aliphatic heterocycles. The Morgan fingerprint density at radius 1 is 1.19 bits per heavy atom. The molecule has 0 radical (unpaired) electrons. The van der Waals surface area contributed by atoms with Gasteiger partial charge in [-0.05, 0) is 29.8 Å². The number of amides is 1. The van der Waals surface area contributed by atoms with Crippen molar-refractivity contribution in [3.05, 3.63) is 82.7 Å². The fraction of sp³-hybridized carbons (Fsp3) is 0.217. The highest BCUT2D eigenvalue weighted by molar-refractivity contribution is 6.14. The molecule has 2 unspecified atom stereocenters. The summed E-state index contributed by atoms with van der Waals surface area (Å²) in [5.74, 6) is -3.28. The minimum absolute atomic E-state index is 0.0657. The second-order valence-corrected chi connectivity index (χ2v) is 7.83. The van der Waals surface area contributed by atoms with E-state index in [1.807, 2.05) is 0 Å². The molecule has 0 spiro atoms. The Kier molecular flexibility index (Phi) is 5.25. The van der Waals surface area contributed by atoms with Crippen molar-refractivity contribution in [3.8, 4) is 0 Å². The van der Waals surface area contributed by atoms with Crippen LogP contribution in [0, 0.1) is 5.82 Å². The number of carboxylic acid groups (broad SMARTS) is 1. The van der Waals surface area contributed by atoms with E-state index in [2.05, 4.69) is 10.3 Å². The van der Waals surface area contributed by atoms with Crippen molar-refractivity contribution in [1.82, 2.24) is 14.5 Å². The van der Waals surface area contributed by atoms with Gasteiger partial charge in [-0.1, -0.05) is 12.1 Å². The molecule has 8 nitrogen and oxygen atoms in total. The third-order valence-corrected chi connectivity index (χ3v) is 5.59. The first kappa shape index (κ1) is 21.2. The molecule has 2 heterocycles. The SMILES string of the molecule is CN(C)C(=O)c1cc(C2Nc3cccc(C(=O)O)c3C(=O)C2c2nccn2C)ccc1F. The number of rotatable bonds is 4. The van der Waals surface area contributed by atoms with E-state index in [0.717, 1.165) is 0 Å². The molecule has 9 heteroatoms. The number of nitrogens with zero attached hydrogens (tertiary/aromatic N) is 3. The van der Waals surface area contributed by atoms with Gasteiger partial charge in [0.05, 0.1) is 22.7 Å². The van der Waals surface area contributed by atoms with Crippen LogP contribution in [0.2, 0.25) is 0 Å². The number of carboxylic acids is 1. The zero-order chi connectivity index (χ0) is 23.2. The molecule has 2 N–H and O–H groups in total. The second-order valence-electron chi connectivity index (χ2n) is 7.83. The van der Waals surface area contributed by atoms with Crippen LogP contribution in [0.3, 0.4) is 0 Å². The Morgan fingerprint density at radius 3 is 2.56 bits per heavy atom. The first-order valence-corrected chi connectivity index (χ1v) is 9.86. The zero-order valence-corrected chi connectivity index (χ0v) is 17.7. The predicted octanol–water partition coefficient (Wildman–Crippen LogP) is 3.09. The second kappa shape index (κ2) is 7.92. The number of aryl methyl sites for hydroxylation is 1. The summed E-state index contributed by atoms with van der Waals surface area (Å²) in [6.45, 7) is 0. The van der Waals surface area contributed by atoms with Gasteiger partial charge in [-0.15, -0.1) is 0 Å². The van der Waals surface area contributed by atoms with Gasteiger partial charge in [0.1, 0.15) is 17.6 Å². The molecule has 164 valence electrons. The summed E-state index contributed by atoms with van der Waals surface area (Å²) in [5.41, 5.74) is 0.695. The number of carbonyl (C=O) groups is 3. The average molecular weight is 436 g/mol. The Bertz CT molecular complexity index is 1250. The van der Waals surface area contributed by atoms with Crippen LogP contribution < -0.4 is 5.32 Å². The summed E-state index contributed by atoms with van der Waals surface area (Å²) >= 11 is 0. The number of aromatic nitrogens is 2. The highest BCUT2D eigenvalue weighted by Gasteiger charge is 2.41. The van der Waals surface area contributed by atoms with Crippen LogP contribution >= 0.6 is 0 Å². The summed E-state index contributed by atoms with van der Waals surface area (Å²) in [5, 5.41) is 12.8. The summed E-state index contributed by atoms with van der Waals surface area (Å²) in [7, 11) is 4.78. The number of fused-ring (bicyclic) bond motifs is 1. The highest BCUT2D eigenvalue weighted by Crippen LogP contribution is 2.43. The van der Waals surface area contributed by atoms with Crippen LogP contribution in [-0.4, -0.2) is 51.3 Å². The van der Waals surface area contributed by atoms with Crippen LogP contribution in [0.15, 0.2) is 48.8 Å². The normalized spacial score (nSPS) is 17.4. The van der Waals surface area contributed by atoms with E-state index in [1.165, 1.54) is 43.3 Å². The van der Waals surface area contributed by atoms with Crippen LogP contribution in [0.25, 0.3) is 0 Å². The molecular formula is C23H21FN4O4. The molecule has 2 aromatic carbocycles. The third-order valence-electron chi connectivity index (χ3n) is 5.59. The van der Waals surface area contributed by atoms with Crippen LogP contribution in [0.1, 0.15) is 54.4 Å². The molecular weight excluding hydrogens is 415 g/mol. The number of benzene rings is 2.